The summed E-state index contributed by atoms with van der Waals surface area (Å²) in [6.07, 6.45) is 1.50. The van der Waals surface area contributed by atoms with Crippen LogP contribution < -0.4 is 4.74 Å². The lowest BCUT2D eigenvalue weighted by atomic mass is 10.3. The van der Waals surface area contributed by atoms with Crippen LogP contribution >= 0.6 is 27.7 Å². The Bertz CT molecular complexity index is 606. The van der Waals surface area contributed by atoms with Gasteiger partial charge in [-0.15, -0.1) is 11.8 Å². The van der Waals surface area contributed by atoms with Crippen LogP contribution in [0.25, 0.3) is 0 Å². The average Bonchev–Trinajstić information content (AvgIpc) is 2.44. The summed E-state index contributed by atoms with van der Waals surface area (Å²) in [5.74, 6) is 0.522. The van der Waals surface area contributed by atoms with Gasteiger partial charge in [0, 0.05) is 21.3 Å². The Hall–Kier alpha value is -1.53. The number of carboxylic acid groups (broad SMARTS) is 1. The molecule has 20 heavy (non-hydrogen) atoms. The van der Waals surface area contributed by atoms with Gasteiger partial charge >= 0.3 is 5.97 Å². The molecule has 4 nitrogen and oxygen atoms in total. The number of nitrogens with zero attached hydrogens (tertiary/aromatic N) is 1. The topological polar surface area (TPSA) is 59.4 Å². The molecule has 2 rings (SSSR count). The SMILES string of the molecule is O=C(O)c1cc(SCCOc2cccc(Br)c2)ccn1. The molecule has 0 radical (unpaired) electrons. The van der Waals surface area contributed by atoms with Crippen molar-refractivity contribution >= 4 is 33.7 Å². The zero-order chi connectivity index (χ0) is 14.4. The van der Waals surface area contributed by atoms with Crippen LogP contribution in [0.5, 0.6) is 5.75 Å². The number of thioether (sulfide) groups is 1. The Morgan fingerprint density at radius 2 is 2.20 bits per heavy atom. The van der Waals surface area contributed by atoms with E-state index in [1.54, 1.807) is 12.1 Å². The van der Waals surface area contributed by atoms with Gasteiger partial charge in [-0.05, 0) is 30.3 Å². The first-order valence-electron chi connectivity index (χ1n) is 5.85. The molecule has 6 heteroatoms. The van der Waals surface area contributed by atoms with E-state index in [1.807, 2.05) is 24.3 Å². The van der Waals surface area contributed by atoms with E-state index in [1.165, 1.54) is 18.0 Å². The highest BCUT2D eigenvalue weighted by atomic mass is 79.9. The molecule has 0 amide bonds. The second kappa shape index (κ2) is 7.31. The van der Waals surface area contributed by atoms with Crippen molar-refractivity contribution in [2.45, 2.75) is 4.90 Å². The molecule has 1 aromatic carbocycles. The second-order valence-electron chi connectivity index (χ2n) is 3.84. The van der Waals surface area contributed by atoms with Crippen molar-refractivity contribution < 1.29 is 14.6 Å². The fourth-order valence-electron chi connectivity index (χ4n) is 1.49. The minimum absolute atomic E-state index is 0.0582. The molecule has 0 aliphatic rings. The molecule has 0 saturated heterocycles. The normalized spacial score (nSPS) is 10.2. The van der Waals surface area contributed by atoms with Crippen LogP contribution in [-0.2, 0) is 0 Å². The third kappa shape index (κ3) is 4.54. The molecule has 0 fully saturated rings. The smallest absolute Gasteiger partial charge is 0.354 e. The monoisotopic (exact) mass is 353 g/mol. The van der Waals surface area contributed by atoms with Gasteiger partial charge in [-0.1, -0.05) is 22.0 Å². The first kappa shape index (κ1) is 14.9. The lowest BCUT2D eigenvalue weighted by Gasteiger charge is -2.06. The van der Waals surface area contributed by atoms with E-state index in [2.05, 4.69) is 20.9 Å². The van der Waals surface area contributed by atoms with Gasteiger partial charge in [-0.2, -0.15) is 0 Å². The van der Waals surface area contributed by atoms with Gasteiger partial charge in [0.1, 0.15) is 11.4 Å². The molecule has 0 unspecified atom stereocenters. The third-order valence-electron chi connectivity index (χ3n) is 2.37. The fraction of sp³-hybridized carbons (Fsp3) is 0.143. The highest BCUT2D eigenvalue weighted by Gasteiger charge is 2.05. The van der Waals surface area contributed by atoms with E-state index in [4.69, 9.17) is 9.84 Å². The van der Waals surface area contributed by atoms with Gasteiger partial charge in [0.05, 0.1) is 6.61 Å². The number of carbonyl (C=O) groups is 1. The summed E-state index contributed by atoms with van der Waals surface area (Å²) in [6.45, 7) is 0.547. The lowest BCUT2D eigenvalue weighted by Crippen LogP contribution is -2.01. The van der Waals surface area contributed by atoms with Gasteiger partial charge in [-0.25, -0.2) is 9.78 Å². The van der Waals surface area contributed by atoms with Crippen LogP contribution in [0, 0.1) is 0 Å². The molecular weight excluding hydrogens is 342 g/mol. The number of halogens is 1. The summed E-state index contributed by atoms with van der Waals surface area (Å²) < 4.78 is 6.58. The molecule has 2 aromatic rings. The standard InChI is InChI=1S/C14H12BrNO3S/c15-10-2-1-3-11(8-10)19-6-7-20-12-4-5-16-13(9-12)14(17)18/h1-5,8-9H,6-7H2,(H,17,18). The Labute approximate surface area is 129 Å². The number of rotatable bonds is 6. The van der Waals surface area contributed by atoms with Gasteiger partial charge in [0.15, 0.2) is 0 Å². The number of carboxylic acids is 1. The van der Waals surface area contributed by atoms with E-state index in [0.717, 1.165) is 20.9 Å². The van der Waals surface area contributed by atoms with Crippen molar-refractivity contribution in [1.82, 2.24) is 4.98 Å². The highest BCUT2D eigenvalue weighted by molar-refractivity contribution is 9.10. The summed E-state index contributed by atoms with van der Waals surface area (Å²) >= 11 is 4.92. The maximum absolute atomic E-state index is 10.8. The van der Waals surface area contributed by atoms with Crippen molar-refractivity contribution in [2.75, 3.05) is 12.4 Å². The predicted molar refractivity (Wildman–Crippen MR) is 81.6 cm³/mol. The lowest BCUT2D eigenvalue weighted by molar-refractivity contribution is 0.0690. The van der Waals surface area contributed by atoms with Crippen molar-refractivity contribution in [3.8, 4) is 5.75 Å². The highest BCUT2D eigenvalue weighted by Crippen LogP contribution is 2.20. The van der Waals surface area contributed by atoms with Crippen molar-refractivity contribution in [1.29, 1.82) is 0 Å². The number of aromatic nitrogens is 1. The molecule has 104 valence electrons. The number of pyridine rings is 1. The summed E-state index contributed by atoms with van der Waals surface area (Å²) in [4.78, 5) is 15.4. The summed E-state index contributed by atoms with van der Waals surface area (Å²) in [5.41, 5.74) is 0.0582. The first-order valence-corrected chi connectivity index (χ1v) is 7.63. The molecular formula is C14H12BrNO3S. The zero-order valence-corrected chi connectivity index (χ0v) is 12.9. The number of hydrogen-bond acceptors (Lipinski definition) is 4. The van der Waals surface area contributed by atoms with Crippen LogP contribution in [0.4, 0.5) is 0 Å². The van der Waals surface area contributed by atoms with Crippen LogP contribution in [-0.4, -0.2) is 28.4 Å². The van der Waals surface area contributed by atoms with Crippen LogP contribution in [0.1, 0.15) is 10.5 Å². The molecule has 0 aliphatic carbocycles. The maximum Gasteiger partial charge on any atom is 0.354 e. The largest absolute Gasteiger partial charge is 0.493 e. The van der Waals surface area contributed by atoms with Crippen molar-refractivity contribution in [3.05, 3.63) is 52.8 Å². The van der Waals surface area contributed by atoms with Gasteiger partial charge in [0.2, 0.25) is 0 Å². The van der Waals surface area contributed by atoms with E-state index < -0.39 is 5.97 Å². The van der Waals surface area contributed by atoms with Crippen molar-refractivity contribution in [3.63, 3.8) is 0 Å². The van der Waals surface area contributed by atoms with Gasteiger partial charge < -0.3 is 9.84 Å². The van der Waals surface area contributed by atoms with Crippen LogP contribution in [0.15, 0.2) is 52.0 Å². The van der Waals surface area contributed by atoms with Crippen LogP contribution in [0.2, 0.25) is 0 Å². The number of ether oxygens (including phenoxy) is 1. The molecule has 0 bridgehead atoms. The number of hydrogen-bond donors (Lipinski definition) is 1. The van der Waals surface area contributed by atoms with E-state index in [0.29, 0.717) is 6.61 Å². The molecule has 1 heterocycles. The minimum atomic E-state index is -1.02. The number of benzene rings is 1. The van der Waals surface area contributed by atoms with E-state index in [9.17, 15) is 4.79 Å². The van der Waals surface area contributed by atoms with E-state index >= 15 is 0 Å². The average molecular weight is 354 g/mol. The van der Waals surface area contributed by atoms with Crippen molar-refractivity contribution in [2.24, 2.45) is 0 Å². The Morgan fingerprint density at radius 1 is 1.35 bits per heavy atom. The fourth-order valence-corrected chi connectivity index (χ4v) is 2.63. The quantitative estimate of drug-likeness (QED) is 0.633. The molecule has 1 N–H and O–H groups in total. The Morgan fingerprint density at radius 3 is 2.95 bits per heavy atom. The first-order chi connectivity index (χ1) is 9.65. The van der Waals surface area contributed by atoms with Gasteiger partial charge in [-0.3, -0.25) is 0 Å². The van der Waals surface area contributed by atoms with E-state index in [-0.39, 0.29) is 5.69 Å². The minimum Gasteiger partial charge on any atom is -0.493 e. The second-order valence-corrected chi connectivity index (χ2v) is 5.92. The summed E-state index contributed by atoms with van der Waals surface area (Å²) in [5, 5.41) is 8.85. The Kier molecular flexibility index (Phi) is 5.43. The maximum atomic E-state index is 10.8. The molecule has 0 saturated carbocycles. The van der Waals surface area contributed by atoms with Crippen LogP contribution in [0.3, 0.4) is 0 Å². The molecule has 0 atom stereocenters. The zero-order valence-electron chi connectivity index (χ0n) is 10.5. The molecule has 1 aromatic heterocycles. The Balaban J connectivity index is 1.81. The summed E-state index contributed by atoms with van der Waals surface area (Å²) in [7, 11) is 0. The summed E-state index contributed by atoms with van der Waals surface area (Å²) in [6, 6.07) is 11.0. The van der Waals surface area contributed by atoms with Gasteiger partial charge in [0.25, 0.3) is 0 Å². The predicted octanol–water partition coefficient (Wildman–Crippen LogP) is 3.71. The number of aromatic carboxylic acids is 1. The molecule has 0 spiro atoms. The third-order valence-corrected chi connectivity index (χ3v) is 3.82. The molecule has 0 aliphatic heterocycles.